The van der Waals surface area contributed by atoms with Crippen molar-refractivity contribution in [2.24, 2.45) is 13.0 Å². The average Bonchev–Trinajstić information content (AvgIpc) is 3.43. The lowest BCUT2D eigenvalue weighted by atomic mass is 9.89. The molecular weight excluding hydrogens is 624 g/mol. The highest BCUT2D eigenvalue weighted by Gasteiger charge is 2.33. The van der Waals surface area contributed by atoms with Crippen LogP contribution in [0.2, 0.25) is 0 Å². The number of rotatable bonds is 12. The quantitative estimate of drug-likeness (QED) is 0.143. The molecule has 2 saturated heterocycles. The van der Waals surface area contributed by atoms with Gasteiger partial charge in [0.1, 0.15) is 18.1 Å². The number of hydrogen-bond acceptors (Lipinski definition) is 9. The number of carboxylic acid groups (broad SMARTS) is 1. The fraction of sp³-hybridized carbons (Fsp3) is 0.405. The van der Waals surface area contributed by atoms with Gasteiger partial charge >= 0.3 is 5.97 Å². The number of aryl methyl sites for hydroxylation is 1. The Balaban J connectivity index is 1.07. The Labute approximate surface area is 284 Å². The first-order valence-electron chi connectivity index (χ1n) is 16.9. The number of ether oxygens (including phenoxy) is 1. The summed E-state index contributed by atoms with van der Waals surface area (Å²) in [7, 11) is 1.83. The number of imide groups is 1. The first kappa shape index (κ1) is 33.8. The molecular formula is C37H42N6O6. The predicted octanol–water partition coefficient (Wildman–Crippen LogP) is 4.71. The number of piperidine rings is 2. The lowest BCUT2D eigenvalue weighted by Crippen LogP contribution is -2.47. The Hall–Kier alpha value is -5.10. The van der Waals surface area contributed by atoms with E-state index in [9.17, 15) is 24.3 Å². The lowest BCUT2D eigenvalue weighted by Gasteiger charge is -2.38. The third-order valence-electron chi connectivity index (χ3n) is 9.96. The molecule has 4 heterocycles. The van der Waals surface area contributed by atoms with Crippen LogP contribution in [-0.4, -0.2) is 80.6 Å². The average molecular weight is 667 g/mol. The standard InChI is InChI=1S/C37H42N6O6/c1-4-31(49-32-9-5-7-26(22(32)2)27-8-6-16-38-35(27)37(47)48)23-14-17-43(18-15-23)25(21-44)20-39-24-10-11-28-30(19-24)42(3)41-34(28)29-12-13-33(45)40-36(29)46/h5-11,16,19,21,23,25,29,31,39H,4,12-15,17-18,20H2,1-3H3,(H,47,48)(H,40,45,46)/t25-,29?,31?/m1/s1. The molecule has 0 radical (unpaired) electrons. The number of amides is 2. The maximum atomic E-state index is 12.5. The molecule has 12 heteroatoms. The number of carbonyl (C=O) groups is 4. The van der Waals surface area contributed by atoms with Gasteiger partial charge < -0.3 is 20.0 Å². The van der Waals surface area contributed by atoms with E-state index in [2.05, 4.69) is 32.5 Å². The van der Waals surface area contributed by atoms with Crippen molar-refractivity contribution in [2.45, 2.75) is 64.0 Å². The summed E-state index contributed by atoms with van der Waals surface area (Å²) in [5, 5.41) is 21.0. The van der Waals surface area contributed by atoms with Crippen molar-refractivity contribution in [3.05, 3.63) is 71.7 Å². The van der Waals surface area contributed by atoms with Crippen LogP contribution >= 0.6 is 0 Å². The van der Waals surface area contributed by atoms with Crippen molar-refractivity contribution in [3.63, 3.8) is 0 Å². The van der Waals surface area contributed by atoms with Crippen LogP contribution < -0.4 is 15.4 Å². The van der Waals surface area contributed by atoms with E-state index in [0.717, 1.165) is 72.1 Å². The van der Waals surface area contributed by atoms with Crippen LogP contribution in [0.4, 0.5) is 5.69 Å². The van der Waals surface area contributed by atoms with Crippen molar-refractivity contribution < 1.29 is 29.0 Å². The highest BCUT2D eigenvalue weighted by molar-refractivity contribution is 6.02. The van der Waals surface area contributed by atoms with Crippen LogP contribution in [0.5, 0.6) is 5.75 Å². The molecule has 2 aromatic carbocycles. The van der Waals surface area contributed by atoms with Gasteiger partial charge in [0.15, 0.2) is 5.69 Å². The van der Waals surface area contributed by atoms with Gasteiger partial charge in [0.2, 0.25) is 11.8 Å². The summed E-state index contributed by atoms with van der Waals surface area (Å²) in [6, 6.07) is 14.8. The van der Waals surface area contributed by atoms with Gasteiger partial charge in [-0.05, 0) is 93.1 Å². The molecule has 2 aromatic heterocycles. The van der Waals surface area contributed by atoms with Gasteiger partial charge in [-0.1, -0.05) is 25.1 Å². The fourth-order valence-electron chi connectivity index (χ4n) is 7.22. The van der Waals surface area contributed by atoms with Gasteiger partial charge in [0.25, 0.3) is 0 Å². The number of fused-ring (bicyclic) bond motifs is 1. The van der Waals surface area contributed by atoms with E-state index >= 15 is 0 Å². The third-order valence-corrected chi connectivity index (χ3v) is 9.96. The third kappa shape index (κ3) is 7.05. The summed E-state index contributed by atoms with van der Waals surface area (Å²) in [5.41, 5.74) is 4.61. The molecule has 2 amide bonds. The zero-order valence-electron chi connectivity index (χ0n) is 28.0. The van der Waals surface area contributed by atoms with Gasteiger partial charge in [-0.15, -0.1) is 0 Å². The summed E-state index contributed by atoms with van der Waals surface area (Å²) in [4.78, 5) is 54.5. The number of benzene rings is 2. The summed E-state index contributed by atoms with van der Waals surface area (Å²) in [5.74, 6) is -1.06. The number of pyridine rings is 1. The van der Waals surface area contributed by atoms with Gasteiger partial charge in [-0.3, -0.25) is 24.5 Å². The zero-order valence-corrected chi connectivity index (χ0v) is 28.0. The number of anilines is 1. The van der Waals surface area contributed by atoms with E-state index in [0.29, 0.717) is 36.6 Å². The number of hydrogen-bond donors (Lipinski definition) is 3. The Kier molecular flexibility index (Phi) is 10.0. The second-order valence-corrected chi connectivity index (χ2v) is 12.9. The Morgan fingerprint density at radius 1 is 1.12 bits per heavy atom. The van der Waals surface area contributed by atoms with Gasteiger partial charge in [-0.2, -0.15) is 5.10 Å². The molecule has 0 saturated carbocycles. The van der Waals surface area contributed by atoms with Crippen molar-refractivity contribution >= 4 is 40.7 Å². The smallest absolute Gasteiger partial charge is 0.355 e. The van der Waals surface area contributed by atoms with E-state index in [1.807, 2.05) is 50.4 Å². The minimum absolute atomic E-state index is 0.0119. The number of carboxylic acids is 1. The van der Waals surface area contributed by atoms with E-state index in [-0.39, 0.29) is 29.7 Å². The SMILES string of the molecule is CCC(Oc1cccc(-c2cccnc2C(=O)O)c1C)C1CCN([C@@H](C=O)CNc2ccc3c(C4CCC(=O)NC4=O)nn(C)c3c2)CC1. The first-order valence-corrected chi connectivity index (χ1v) is 16.9. The maximum Gasteiger partial charge on any atom is 0.355 e. The van der Waals surface area contributed by atoms with E-state index in [1.165, 1.54) is 6.20 Å². The molecule has 0 spiro atoms. The van der Waals surface area contributed by atoms with Gasteiger partial charge in [0, 0.05) is 42.8 Å². The van der Waals surface area contributed by atoms with Crippen molar-refractivity contribution in [1.29, 1.82) is 0 Å². The molecule has 12 nitrogen and oxygen atoms in total. The van der Waals surface area contributed by atoms with Crippen LogP contribution in [0, 0.1) is 12.8 Å². The summed E-state index contributed by atoms with van der Waals surface area (Å²) in [6.45, 7) is 6.04. The number of likely N-dealkylation sites (tertiary alicyclic amines) is 1. The summed E-state index contributed by atoms with van der Waals surface area (Å²) in [6.07, 6.45) is 5.79. The number of carbonyl (C=O) groups excluding carboxylic acids is 3. The van der Waals surface area contributed by atoms with E-state index in [1.54, 1.807) is 16.8 Å². The second kappa shape index (κ2) is 14.6. The number of nitrogens with one attached hydrogen (secondary N) is 2. The molecule has 2 aliphatic heterocycles. The van der Waals surface area contributed by atoms with Crippen LogP contribution in [0.3, 0.4) is 0 Å². The Bertz CT molecular complexity index is 1880. The highest BCUT2D eigenvalue weighted by atomic mass is 16.5. The van der Waals surface area contributed by atoms with E-state index < -0.39 is 11.9 Å². The lowest BCUT2D eigenvalue weighted by molar-refractivity contribution is -0.134. The van der Waals surface area contributed by atoms with Crippen molar-refractivity contribution in [1.82, 2.24) is 25.0 Å². The molecule has 6 rings (SSSR count). The molecule has 4 aromatic rings. The largest absolute Gasteiger partial charge is 0.490 e. The maximum absolute atomic E-state index is 12.5. The van der Waals surface area contributed by atoms with Crippen LogP contribution in [-0.2, 0) is 21.4 Å². The number of aromatic nitrogens is 3. The number of aromatic carboxylic acids is 1. The van der Waals surface area contributed by atoms with E-state index in [4.69, 9.17) is 4.74 Å². The number of aldehydes is 1. The zero-order chi connectivity index (χ0) is 34.7. The predicted molar refractivity (Wildman–Crippen MR) is 185 cm³/mol. The minimum atomic E-state index is -1.07. The summed E-state index contributed by atoms with van der Waals surface area (Å²) < 4.78 is 8.35. The normalized spacial score (nSPS) is 18.6. The minimum Gasteiger partial charge on any atom is -0.490 e. The molecule has 256 valence electrons. The fourth-order valence-corrected chi connectivity index (χ4v) is 7.22. The topological polar surface area (TPSA) is 156 Å². The Morgan fingerprint density at radius 3 is 2.61 bits per heavy atom. The molecule has 49 heavy (non-hydrogen) atoms. The molecule has 0 bridgehead atoms. The molecule has 2 unspecified atom stereocenters. The van der Waals surface area contributed by atoms with Gasteiger partial charge in [-0.25, -0.2) is 9.78 Å². The first-order chi connectivity index (χ1) is 23.7. The van der Waals surface area contributed by atoms with Crippen LogP contribution in [0.1, 0.15) is 66.7 Å². The second-order valence-electron chi connectivity index (χ2n) is 12.9. The van der Waals surface area contributed by atoms with Crippen LogP contribution in [0.25, 0.3) is 22.0 Å². The van der Waals surface area contributed by atoms with Crippen molar-refractivity contribution in [3.8, 4) is 16.9 Å². The summed E-state index contributed by atoms with van der Waals surface area (Å²) >= 11 is 0. The highest BCUT2D eigenvalue weighted by Crippen LogP contribution is 2.35. The molecule has 3 N–H and O–H groups in total. The number of nitrogens with zero attached hydrogens (tertiary/aromatic N) is 4. The van der Waals surface area contributed by atoms with Gasteiger partial charge in [0.05, 0.1) is 23.2 Å². The van der Waals surface area contributed by atoms with Crippen LogP contribution in [0.15, 0.2) is 54.7 Å². The molecule has 2 fully saturated rings. The molecule has 2 aliphatic rings. The Morgan fingerprint density at radius 2 is 1.90 bits per heavy atom. The van der Waals surface area contributed by atoms with Crippen molar-refractivity contribution in [2.75, 3.05) is 25.0 Å². The molecule has 3 atom stereocenters. The monoisotopic (exact) mass is 666 g/mol. The molecule has 0 aliphatic carbocycles.